The summed E-state index contributed by atoms with van der Waals surface area (Å²) in [6.07, 6.45) is 0.889. The Kier molecular flexibility index (Phi) is 4.00. The van der Waals surface area contributed by atoms with E-state index in [1.165, 1.54) is 18.1 Å². The SMILES string of the molecule is COc1cccc(C(O)CSc2ncn[nH]2)c1. The van der Waals surface area contributed by atoms with Gasteiger partial charge in [0, 0.05) is 5.75 Å². The van der Waals surface area contributed by atoms with E-state index >= 15 is 0 Å². The Labute approximate surface area is 103 Å². The number of aromatic nitrogens is 3. The van der Waals surface area contributed by atoms with Crippen LogP contribution in [-0.2, 0) is 0 Å². The number of ether oxygens (including phenoxy) is 1. The minimum Gasteiger partial charge on any atom is -0.497 e. The molecular formula is C11H13N3O2S. The van der Waals surface area contributed by atoms with E-state index in [-0.39, 0.29) is 0 Å². The zero-order valence-corrected chi connectivity index (χ0v) is 10.1. The molecule has 0 radical (unpaired) electrons. The average molecular weight is 251 g/mol. The molecule has 0 amide bonds. The summed E-state index contributed by atoms with van der Waals surface area (Å²) in [5.74, 6) is 1.26. The maximum absolute atomic E-state index is 10.0. The van der Waals surface area contributed by atoms with Crippen molar-refractivity contribution >= 4 is 11.8 Å². The van der Waals surface area contributed by atoms with Crippen LogP contribution in [0, 0.1) is 0 Å². The first-order valence-corrected chi connectivity index (χ1v) is 6.08. The maximum Gasteiger partial charge on any atom is 0.183 e. The van der Waals surface area contributed by atoms with Crippen LogP contribution >= 0.6 is 11.8 Å². The van der Waals surface area contributed by atoms with Crippen molar-refractivity contribution in [1.82, 2.24) is 15.2 Å². The Morgan fingerprint density at radius 2 is 2.41 bits per heavy atom. The third kappa shape index (κ3) is 3.21. The summed E-state index contributed by atoms with van der Waals surface area (Å²) >= 11 is 1.42. The lowest BCUT2D eigenvalue weighted by molar-refractivity contribution is 0.203. The quantitative estimate of drug-likeness (QED) is 0.790. The van der Waals surface area contributed by atoms with Crippen molar-refractivity contribution in [1.29, 1.82) is 0 Å². The van der Waals surface area contributed by atoms with Gasteiger partial charge in [-0.1, -0.05) is 23.9 Å². The molecule has 0 aliphatic rings. The van der Waals surface area contributed by atoms with Gasteiger partial charge in [0.05, 0.1) is 13.2 Å². The highest BCUT2D eigenvalue weighted by molar-refractivity contribution is 7.99. The van der Waals surface area contributed by atoms with Crippen LogP contribution in [0.3, 0.4) is 0 Å². The first-order chi connectivity index (χ1) is 8.29. The number of rotatable bonds is 5. The Morgan fingerprint density at radius 1 is 1.53 bits per heavy atom. The smallest absolute Gasteiger partial charge is 0.183 e. The summed E-state index contributed by atoms with van der Waals surface area (Å²) < 4.78 is 5.11. The molecule has 1 aromatic heterocycles. The van der Waals surface area contributed by atoms with E-state index < -0.39 is 6.10 Å². The predicted molar refractivity (Wildman–Crippen MR) is 65.1 cm³/mol. The topological polar surface area (TPSA) is 71.0 Å². The van der Waals surface area contributed by atoms with Crippen LogP contribution in [0.4, 0.5) is 0 Å². The van der Waals surface area contributed by atoms with Crippen molar-refractivity contribution in [2.75, 3.05) is 12.9 Å². The Morgan fingerprint density at radius 3 is 3.12 bits per heavy atom. The van der Waals surface area contributed by atoms with Crippen LogP contribution in [0.25, 0.3) is 0 Å². The van der Waals surface area contributed by atoms with Gasteiger partial charge in [-0.3, -0.25) is 5.10 Å². The number of nitrogens with zero attached hydrogens (tertiary/aromatic N) is 2. The zero-order chi connectivity index (χ0) is 12.1. The molecule has 1 heterocycles. The molecule has 0 saturated carbocycles. The normalized spacial score (nSPS) is 12.4. The van der Waals surface area contributed by atoms with Crippen LogP contribution in [0.5, 0.6) is 5.75 Å². The monoisotopic (exact) mass is 251 g/mol. The van der Waals surface area contributed by atoms with E-state index in [0.717, 1.165) is 11.3 Å². The second kappa shape index (κ2) is 5.70. The van der Waals surface area contributed by atoms with E-state index in [4.69, 9.17) is 4.74 Å². The van der Waals surface area contributed by atoms with Gasteiger partial charge < -0.3 is 9.84 Å². The molecule has 0 aliphatic heterocycles. The molecule has 1 aromatic carbocycles. The first kappa shape index (κ1) is 11.9. The van der Waals surface area contributed by atoms with Gasteiger partial charge in [-0.2, -0.15) is 5.10 Å². The van der Waals surface area contributed by atoms with E-state index in [0.29, 0.717) is 10.9 Å². The fourth-order valence-electron chi connectivity index (χ4n) is 1.37. The first-order valence-electron chi connectivity index (χ1n) is 5.10. The number of aromatic amines is 1. The molecule has 5 nitrogen and oxygen atoms in total. The molecule has 0 aliphatic carbocycles. The number of methoxy groups -OCH3 is 1. The Bertz CT molecular complexity index is 461. The van der Waals surface area contributed by atoms with Crippen molar-refractivity contribution in [2.24, 2.45) is 0 Å². The Hall–Kier alpha value is -1.53. The molecule has 0 saturated heterocycles. The molecule has 0 fully saturated rings. The summed E-state index contributed by atoms with van der Waals surface area (Å²) in [5, 5.41) is 17.2. The van der Waals surface area contributed by atoms with Crippen LogP contribution < -0.4 is 4.74 Å². The lowest BCUT2D eigenvalue weighted by Crippen LogP contribution is -2.01. The second-order valence-electron chi connectivity index (χ2n) is 3.39. The lowest BCUT2D eigenvalue weighted by atomic mass is 10.1. The number of H-pyrrole nitrogens is 1. The van der Waals surface area contributed by atoms with Gasteiger partial charge in [0.2, 0.25) is 0 Å². The molecule has 2 N–H and O–H groups in total. The highest BCUT2D eigenvalue weighted by Crippen LogP contribution is 2.24. The number of aliphatic hydroxyl groups is 1. The van der Waals surface area contributed by atoms with Gasteiger partial charge in [-0.25, -0.2) is 4.98 Å². The minimum atomic E-state index is -0.555. The summed E-state index contributed by atoms with van der Waals surface area (Å²) in [6, 6.07) is 7.40. The number of benzene rings is 1. The summed E-state index contributed by atoms with van der Waals surface area (Å²) in [7, 11) is 1.61. The molecule has 90 valence electrons. The van der Waals surface area contributed by atoms with Crippen LogP contribution in [0.1, 0.15) is 11.7 Å². The second-order valence-corrected chi connectivity index (χ2v) is 4.40. The molecule has 17 heavy (non-hydrogen) atoms. The Balaban J connectivity index is 1.96. The van der Waals surface area contributed by atoms with Gasteiger partial charge in [0.25, 0.3) is 0 Å². The molecule has 0 bridgehead atoms. The number of aliphatic hydroxyl groups excluding tert-OH is 1. The molecular weight excluding hydrogens is 238 g/mol. The molecule has 6 heteroatoms. The van der Waals surface area contributed by atoms with E-state index in [1.807, 2.05) is 24.3 Å². The standard InChI is InChI=1S/C11H13N3O2S/c1-16-9-4-2-3-8(5-9)10(15)6-17-11-12-7-13-14-11/h2-5,7,10,15H,6H2,1H3,(H,12,13,14). The van der Waals surface area contributed by atoms with Gasteiger partial charge >= 0.3 is 0 Å². The van der Waals surface area contributed by atoms with Crippen molar-refractivity contribution in [2.45, 2.75) is 11.3 Å². The largest absolute Gasteiger partial charge is 0.497 e. The predicted octanol–water partition coefficient (Wildman–Crippen LogP) is 1.64. The molecule has 1 atom stereocenters. The van der Waals surface area contributed by atoms with Gasteiger partial charge in [0.1, 0.15) is 12.1 Å². The average Bonchev–Trinajstić information content (AvgIpc) is 2.89. The lowest BCUT2D eigenvalue weighted by Gasteiger charge is -2.10. The molecule has 2 aromatic rings. The van der Waals surface area contributed by atoms with Crippen molar-refractivity contribution in [3.8, 4) is 5.75 Å². The number of hydrogen-bond acceptors (Lipinski definition) is 5. The molecule has 2 rings (SSSR count). The van der Waals surface area contributed by atoms with E-state index in [2.05, 4.69) is 15.2 Å². The summed E-state index contributed by atoms with van der Waals surface area (Å²) in [4.78, 5) is 3.98. The van der Waals surface area contributed by atoms with Crippen molar-refractivity contribution in [3.63, 3.8) is 0 Å². The highest BCUT2D eigenvalue weighted by Gasteiger charge is 2.10. The molecule has 1 unspecified atom stereocenters. The number of nitrogens with one attached hydrogen (secondary N) is 1. The number of hydrogen-bond donors (Lipinski definition) is 2. The van der Waals surface area contributed by atoms with Crippen LogP contribution in [0.15, 0.2) is 35.7 Å². The van der Waals surface area contributed by atoms with E-state index in [9.17, 15) is 5.11 Å². The van der Waals surface area contributed by atoms with Crippen molar-refractivity contribution < 1.29 is 9.84 Å². The zero-order valence-electron chi connectivity index (χ0n) is 9.33. The summed E-state index contributed by atoms with van der Waals surface area (Å²) in [5.41, 5.74) is 0.830. The fourth-order valence-corrected chi connectivity index (χ4v) is 2.11. The minimum absolute atomic E-state index is 0.516. The van der Waals surface area contributed by atoms with Crippen LogP contribution in [0.2, 0.25) is 0 Å². The molecule has 0 spiro atoms. The van der Waals surface area contributed by atoms with E-state index in [1.54, 1.807) is 7.11 Å². The maximum atomic E-state index is 10.0. The number of thioether (sulfide) groups is 1. The highest BCUT2D eigenvalue weighted by atomic mass is 32.2. The van der Waals surface area contributed by atoms with Crippen LogP contribution in [-0.4, -0.2) is 33.2 Å². The third-order valence-corrected chi connectivity index (χ3v) is 3.20. The van der Waals surface area contributed by atoms with Gasteiger partial charge in [-0.05, 0) is 17.7 Å². The fraction of sp³-hybridized carbons (Fsp3) is 0.273. The third-order valence-electron chi connectivity index (χ3n) is 2.25. The summed E-state index contributed by atoms with van der Waals surface area (Å²) in [6.45, 7) is 0. The van der Waals surface area contributed by atoms with Gasteiger partial charge in [-0.15, -0.1) is 0 Å². The van der Waals surface area contributed by atoms with Crippen molar-refractivity contribution in [3.05, 3.63) is 36.2 Å². The van der Waals surface area contributed by atoms with Gasteiger partial charge in [0.15, 0.2) is 5.16 Å².